The number of ether oxygens (including phenoxy) is 1. The summed E-state index contributed by atoms with van der Waals surface area (Å²) >= 11 is 0. The Labute approximate surface area is 107 Å². The first-order chi connectivity index (χ1) is 8.51. The summed E-state index contributed by atoms with van der Waals surface area (Å²) in [5, 5.41) is 0. The Morgan fingerprint density at radius 2 is 2.00 bits per heavy atom. The van der Waals surface area contributed by atoms with Crippen LogP contribution in [0.4, 0.5) is 0 Å². The molecular formula is C15H18O3. The van der Waals surface area contributed by atoms with Crippen LogP contribution in [0.5, 0.6) is 0 Å². The van der Waals surface area contributed by atoms with Crippen molar-refractivity contribution in [3.8, 4) is 0 Å². The third-order valence-corrected chi connectivity index (χ3v) is 3.61. The zero-order chi connectivity index (χ0) is 13.2. The normalized spacial score (nSPS) is 20.9. The molecule has 2 rings (SSSR count). The Morgan fingerprint density at radius 1 is 1.33 bits per heavy atom. The van der Waals surface area contributed by atoms with Crippen molar-refractivity contribution in [1.82, 2.24) is 0 Å². The van der Waals surface area contributed by atoms with Crippen LogP contribution in [-0.4, -0.2) is 18.4 Å². The molecule has 3 nitrogen and oxygen atoms in total. The van der Waals surface area contributed by atoms with Crippen molar-refractivity contribution < 1.29 is 14.3 Å². The van der Waals surface area contributed by atoms with E-state index in [1.807, 2.05) is 12.2 Å². The van der Waals surface area contributed by atoms with Crippen molar-refractivity contribution in [1.29, 1.82) is 0 Å². The first kappa shape index (κ1) is 12.8. The SMILES string of the molecule is CC(=O)OCCC1=C(C)CC2(C=CC(=O)C=C2)C1. The summed E-state index contributed by atoms with van der Waals surface area (Å²) in [5.74, 6) is -0.171. The molecule has 18 heavy (non-hydrogen) atoms. The predicted octanol–water partition coefficient (Wildman–Crippen LogP) is 2.73. The van der Waals surface area contributed by atoms with E-state index in [2.05, 4.69) is 6.92 Å². The van der Waals surface area contributed by atoms with Gasteiger partial charge in [-0.2, -0.15) is 0 Å². The Hall–Kier alpha value is -1.64. The zero-order valence-corrected chi connectivity index (χ0v) is 10.9. The molecule has 0 heterocycles. The topological polar surface area (TPSA) is 43.4 Å². The molecule has 0 aromatic rings. The Balaban J connectivity index is 1.97. The highest BCUT2D eigenvalue weighted by Crippen LogP contribution is 2.46. The van der Waals surface area contributed by atoms with Gasteiger partial charge in [0.1, 0.15) is 0 Å². The molecule has 0 saturated heterocycles. The lowest BCUT2D eigenvalue weighted by atomic mass is 9.80. The molecule has 0 amide bonds. The highest BCUT2D eigenvalue weighted by molar-refractivity contribution is 6.00. The van der Waals surface area contributed by atoms with Crippen LogP contribution in [-0.2, 0) is 14.3 Å². The zero-order valence-electron chi connectivity index (χ0n) is 10.9. The van der Waals surface area contributed by atoms with Crippen LogP contribution in [0.1, 0.15) is 33.1 Å². The van der Waals surface area contributed by atoms with E-state index in [-0.39, 0.29) is 17.2 Å². The van der Waals surface area contributed by atoms with E-state index in [0.717, 1.165) is 19.3 Å². The molecule has 0 bridgehead atoms. The van der Waals surface area contributed by atoms with Gasteiger partial charge in [0, 0.05) is 18.8 Å². The molecule has 0 atom stereocenters. The van der Waals surface area contributed by atoms with Crippen LogP contribution in [0.25, 0.3) is 0 Å². The molecule has 0 radical (unpaired) electrons. The van der Waals surface area contributed by atoms with E-state index in [1.165, 1.54) is 18.1 Å². The summed E-state index contributed by atoms with van der Waals surface area (Å²) in [6.45, 7) is 4.00. The minimum absolute atomic E-state index is 0.0104. The third kappa shape index (κ3) is 2.78. The monoisotopic (exact) mass is 246 g/mol. The minimum atomic E-state index is -0.232. The number of carbonyl (C=O) groups is 2. The fraction of sp³-hybridized carbons (Fsp3) is 0.467. The second kappa shape index (κ2) is 4.92. The van der Waals surface area contributed by atoms with Gasteiger partial charge < -0.3 is 4.74 Å². The lowest BCUT2D eigenvalue weighted by molar-refractivity contribution is -0.140. The summed E-state index contributed by atoms with van der Waals surface area (Å²) in [4.78, 5) is 21.9. The molecule has 0 aromatic carbocycles. The fourth-order valence-electron chi connectivity index (χ4n) is 2.69. The maximum Gasteiger partial charge on any atom is 0.302 e. The van der Waals surface area contributed by atoms with Crippen molar-refractivity contribution in [2.75, 3.05) is 6.61 Å². The average Bonchev–Trinajstić information content (AvgIpc) is 2.60. The van der Waals surface area contributed by atoms with Gasteiger partial charge in [-0.3, -0.25) is 9.59 Å². The van der Waals surface area contributed by atoms with E-state index >= 15 is 0 Å². The molecular weight excluding hydrogens is 228 g/mol. The van der Waals surface area contributed by atoms with Gasteiger partial charge in [0.15, 0.2) is 5.78 Å². The summed E-state index contributed by atoms with van der Waals surface area (Å²) < 4.78 is 4.98. The van der Waals surface area contributed by atoms with Crippen molar-refractivity contribution in [3.05, 3.63) is 35.5 Å². The summed E-state index contributed by atoms with van der Waals surface area (Å²) in [6.07, 6.45) is 10.0. The van der Waals surface area contributed by atoms with Crippen LogP contribution in [0.15, 0.2) is 35.5 Å². The highest BCUT2D eigenvalue weighted by atomic mass is 16.5. The number of hydrogen-bond donors (Lipinski definition) is 0. The number of rotatable bonds is 3. The average molecular weight is 246 g/mol. The van der Waals surface area contributed by atoms with Gasteiger partial charge in [-0.25, -0.2) is 0 Å². The molecule has 1 spiro atoms. The predicted molar refractivity (Wildman–Crippen MR) is 68.9 cm³/mol. The third-order valence-electron chi connectivity index (χ3n) is 3.61. The summed E-state index contributed by atoms with van der Waals surface area (Å²) in [6, 6.07) is 0. The molecule has 0 aromatic heterocycles. The first-order valence-electron chi connectivity index (χ1n) is 6.24. The molecule has 0 aliphatic heterocycles. The van der Waals surface area contributed by atoms with Crippen LogP contribution >= 0.6 is 0 Å². The number of hydrogen-bond acceptors (Lipinski definition) is 3. The van der Waals surface area contributed by atoms with Gasteiger partial charge in [-0.05, 0) is 31.9 Å². The Morgan fingerprint density at radius 3 is 2.61 bits per heavy atom. The van der Waals surface area contributed by atoms with Crippen molar-refractivity contribution in [2.24, 2.45) is 5.41 Å². The quantitative estimate of drug-likeness (QED) is 0.568. The maximum atomic E-state index is 11.2. The summed E-state index contributed by atoms with van der Waals surface area (Å²) in [5.41, 5.74) is 2.69. The van der Waals surface area contributed by atoms with Crippen molar-refractivity contribution in [3.63, 3.8) is 0 Å². The van der Waals surface area contributed by atoms with Crippen LogP contribution in [0.3, 0.4) is 0 Å². The molecule has 0 saturated carbocycles. The van der Waals surface area contributed by atoms with Crippen molar-refractivity contribution >= 4 is 11.8 Å². The smallest absolute Gasteiger partial charge is 0.302 e. The van der Waals surface area contributed by atoms with Crippen LogP contribution < -0.4 is 0 Å². The van der Waals surface area contributed by atoms with E-state index < -0.39 is 0 Å². The van der Waals surface area contributed by atoms with Crippen LogP contribution in [0, 0.1) is 5.41 Å². The molecule has 0 N–H and O–H groups in total. The van der Waals surface area contributed by atoms with Gasteiger partial charge in [-0.1, -0.05) is 23.3 Å². The van der Waals surface area contributed by atoms with Gasteiger partial charge in [0.25, 0.3) is 0 Å². The second-order valence-electron chi connectivity index (χ2n) is 5.13. The lowest BCUT2D eigenvalue weighted by Crippen LogP contribution is -2.15. The molecule has 96 valence electrons. The number of allylic oxidation sites excluding steroid dienone is 5. The second-order valence-corrected chi connectivity index (χ2v) is 5.13. The molecule has 2 aliphatic rings. The Kier molecular flexibility index (Phi) is 3.50. The van der Waals surface area contributed by atoms with Crippen LogP contribution in [0.2, 0.25) is 0 Å². The standard InChI is InChI=1S/C15H18O3/c1-11-9-15(6-3-14(17)4-7-15)10-13(11)5-8-18-12(2)16/h3-4,6-7H,5,8-10H2,1-2H3. The van der Waals surface area contributed by atoms with Gasteiger partial charge in [0.2, 0.25) is 0 Å². The van der Waals surface area contributed by atoms with E-state index in [0.29, 0.717) is 6.61 Å². The van der Waals surface area contributed by atoms with E-state index in [9.17, 15) is 9.59 Å². The largest absolute Gasteiger partial charge is 0.466 e. The highest BCUT2D eigenvalue weighted by Gasteiger charge is 2.34. The van der Waals surface area contributed by atoms with Crippen molar-refractivity contribution in [2.45, 2.75) is 33.1 Å². The number of carbonyl (C=O) groups excluding carboxylic acids is 2. The maximum absolute atomic E-state index is 11.2. The first-order valence-corrected chi connectivity index (χ1v) is 6.24. The van der Waals surface area contributed by atoms with E-state index in [1.54, 1.807) is 12.2 Å². The Bertz CT molecular complexity index is 450. The lowest BCUT2D eigenvalue weighted by Gasteiger charge is -2.23. The molecule has 0 unspecified atom stereocenters. The van der Waals surface area contributed by atoms with Gasteiger partial charge in [-0.15, -0.1) is 0 Å². The minimum Gasteiger partial charge on any atom is -0.466 e. The molecule has 3 heteroatoms. The molecule has 2 aliphatic carbocycles. The van der Waals surface area contributed by atoms with E-state index in [4.69, 9.17) is 4.74 Å². The number of ketones is 1. The fourth-order valence-corrected chi connectivity index (χ4v) is 2.69. The van der Waals surface area contributed by atoms with Gasteiger partial charge in [0.05, 0.1) is 6.61 Å². The summed E-state index contributed by atoms with van der Waals surface area (Å²) in [7, 11) is 0. The van der Waals surface area contributed by atoms with Gasteiger partial charge >= 0.3 is 5.97 Å². The number of esters is 1. The molecule has 0 fully saturated rings.